The van der Waals surface area contributed by atoms with Crippen molar-refractivity contribution in [2.45, 2.75) is 6.92 Å². The van der Waals surface area contributed by atoms with Crippen LogP contribution in [0.15, 0.2) is 58.1 Å². The molecule has 1 aromatic heterocycles. The Hall–Kier alpha value is -2.84. The van der Waals surface area contributed by atoms with Crippen LogP contribution in [0, 0.1) is 6.92 Å². The largest absolute Gasteiger partial charge is 0.497 e. The van der Waals surface area contributed by atoms with Gasteiger partial charge in [-0.05, 0) is 53.2 Å². The smallest absolute Gasteiger partial charge is 0.277 e. The number of hydrogen-bond acceptors (Lipinski definition) is 5. The maximum absolute atomic E-state index is 12.0. The number of aromatic nitrogens is 2. The number of aryl methyl sites for hydroxylation is 1. The molecule has 0 bridgehead atoms. The SMILES string of the molecule is COc1ccc(OCC(=O)N/N=C/c2c(C)nn(-c3ccccc3)c2Cl)c(Br)c1. The summed E-state index contributed by atoms with van der Waals surface area (Å²) in [6.07, 6.45) is 1.46. The van der Waals surface area contributed by atoms with Crippen molar-refractivity contribution in [3.05, 3.63) is 69.4 Å². The maximum atomic E-state index is 12.0. The first kappa shape index (κ1) is 20.9. The molecule has 29 heavy (non-hydrogen) atoms. The molecule has 7 nitrogen and oxygen atoms in total. The molecule has 0 aliphatic rings. The van der Waals surface area contributed by atoms with Crippen LogP contribution in [0.5, 0.6) is 11.5 Å². The van der Waals surface area contributed by atoms with Gasteiger partial charge in [0.25, 0.3) is 5.91 Å². The standard InChI is InChI=1S/C20H18BrClN4O3/c1-13-16(20(22)26(25-13)14-6-4-3-5-7-14)11-23-24-19(27)12-29-18-9-8-15(28-2)10-17(18)21/h3-11H,12H2,1-2H3,(H,24,27)/b23-11+. The Kier molecular flexibility index (Phi) is 6.90. The third-order valence-corrected chi connectivity index (χ3v) is 4.91. The fraction of sp³-hybridized carbons (Fsp3) is 0.150. The molecule has 0 unspecified atom stereocenters. The molecular weight excluding hydrogens is 460 g/mol. The van der Waals surface area contributed by atoms with Crippen LogP contribution in [-0.4, -0.2) is 35.6 Å². The van der Waals surface area contributed by atoms with Crippen LogP contribution >= 0.6 is 27.5 Å². The zero-order valence-electron chi connectivity index (χ0n) is 15.7. The fourth-order valence-electron chi connectivity index (χ4n) is 2.47. The van der Waals surface area contributed by atoms with Gasteiger partial charge < -0.3 is 9.47 Å². The molecule has 0 saturated carbocycles. The number of ether oxygens (including phenoxy) is 2. The van der Waals surface area contributed by atoms with Crippen molar-refractivity contribution in [3.63, 3.8) is 0 Å². The first-order valence-corrected chi connectivity index (χ1v) is 9.75. The van der Waals surface area contributed by atoms with Crippen LogP contribution in [0.3, 0.4) is 0 Å². The second kappa shape index (κ2) is 9.58. The first-order chi connectivity index (χ1) is 14.0. The van der Waals surface area contributed by atoms with E-state index in [0.717, 1.165) is 5.69 Å². The van der Waals surface area contributed by atoms with Crippen LogP contribution in [0.1, 0.15) is 11.3 Å². The number of hydrazone groups is 1. The molecule has 9 heteroatoms. The molecule has 1 heterocycles. The highest BCUT2D eigenvalue weighted by Gasteiger charge is 2.13. The van der Waals surface area contributed by atoms with Gasteiger partial charge in [0.2, 0.25) is 0 Å². The molecule has 0 radical (unpaired) electrons. The van der Waals surface area contributed by atoms with Gasteiger partial charge >= 0.3 is 0 Å². The molecule has 3 aromatic rings. The predicted molar refractivity (Wildman–Crippen MR) is 115 cm³/mol. The summed E-state index contributed by atoms with van der Waals surface area (Å²) in [5.41, 5.74) is 4.56. The lowest BCUT2D eigenvalue weighted by atomic mass is 10.3. The topological polar surface area (TPSA) is 77.7 Å². The monoisotopic (exact) mass is 476 g/mol. The number of nitrogens with zero attached hydrogens (tertiary/aromatic N) is 3. The van der Waals surface area contributed by atoms with Gasteiger partial charge in [-0.3, -0.25) is 4.79 Å². The molecule has 150 valence electrons. The third kappa shape index (κ3) is 5.16. The van der Waals surface area contributed by atoms with Crippen molar-refractivity contribution in [1.82, 2.24) is 15.2 Å². The van der Waals surface area contributed by atoms with Crippen molar-refractivity contribution >= 4 is 39.7 Å². The lowest BCUT2D eigenvalue weighted by Gasteiger charge is -2.08. The minimum absolute atomic E-state index is 0.196. The number of carbonyl (C=O) groups is 1. The summed E-state index contributed by atoms with van der Waals surface area (Å²) in [5.74, 6) is 0.794. The normalized spacial score (nSPS) is 10.9. The average Bonchev–Trinajstić information content (AvgIpc) is 3.01. The van der Waals surface area contributed by atoms with E-state index in [9.17, 15) is 4.79 Å². The minimum Gasteiger partial charge on any atom is -0.497 e. The van der Waals surface area contributed by atoms with Gasteiger partial charge in [-0.2, -0.15) is 10.2 Å². The lowest BCUT2D eigenvalue weighted by Crippen LogP contribution is -2.24. The van der Waals surface area contributed by atoms with Gasteiger partial charge in [0, 0.05) is 0 Å². The van der Waals surface area contributed by atoms with E-state index in [4.69, 9.17) is 21.1 Å². The van der Waals surface area contributed by atoms with E-state index in [0.29, 0.717) is 32.4 Å². The van der Waals surface area contributed by atoms with Gasteiger partial charge in [0.05, 0.1) is 34.7 Å². The molecule has 2 aromatic carbocycles. The highest BCUT2D eigenvalue weighted by Crippen LogP contribution is 2.29. The maximum Gasteiger partial charge on any atom is 0.277 e. The van der Waals surface area contributed by atoms with Crippen LogP contribution in [0.25, 0.3) is 5.69 Å². The van der Waals surface area contributed by atoms with Gasteiger partial charge in [-0.15, -0.1) is 0 Å². The van der Waals surface area contributed by atoms with Gasteiger partial charge in [-0.1, -0.05) is 29.8 Å². The number of hydrogen-bond donors (Lipinski definition) is 1. The number of benzene rings is 2. The first-order valence-electron chi connectivity index (χ1n) is 8.58. The Labute approximate surface area is 181 Å². The molecular formula is C20H18BrClN4O3. The third-order valence-electron chi connectivity index (χ3n) is 3.93. The second-order valence-electron chi connectivity index (χ2n) is 5.92. The average molecular weight is 478 g/mol. The Morgan fingerprint density at radius 3 is 2.76 bits per heavy atom. The number of carbonyl (C=O) groups excluding carboxylic acids is 1. The van der Waals surface area contributed by atoms with Crippen LogP contribution < -0.4 is 14.9 Å². The Morgan fingerprint density at radius 1 is 1.31 bits per heavy atom. The molecule has 0 aliphatic carbocycles. The molecule has 0 fully saturated rings. The summed E-state index contributed by atoms with van der Waals surface area (Å²) < 4.78 is 12.9. The Bertz CT molecular complexity index is 1040. The van der Waals surface area contributed by atoms with E-state index < -0.39 is 5.91 Å². The van der Waals surface area contributed by atoms with Crippen molar-refractivity contribution in [2.75, 3.05) is 13.7 Å². The van der Waals surface area contributed by atoms with Crippen LogP contribution in [0.2, 0.25) is 5.15 Å². The summed E-state index contributed by atoms with van der Waals surface area (Å²) in [4.78, 5) is 12.0. The number of amides is 1. The molecule has 0 atom stereocenters. The zero-order chi connectivity index (χ0) is 20.8. The Morgan fingerprint density at radius 2 is 2.07 bits per heavy atom. The number of nitrogens with one attached hydrogen (secondary N) is 1. The number of rotatable bonds is 7. The minimum atomic E-state index is -0.409. The highest BCUT2D eigenvalue weighted by molar-refractivity contribution is 9.10. The highest BCUT2D eigenvalue weighted by atomic mass is 79.9. The number of methoxy groups -OCH3 is 1. The fourth-order valence-corrected chi connectivity index (χ4v) is 3.26. The molecule has 1 amide bonds. The molecule has 1 N–H and O–H groups in total. The van der Waals surface area contributed by atoms with E-state index in [1.807, 2.05) is 37.3 Å². The molecule has 0 aliphatic heterocycles. The number of para-hydroxylation sites is 1. The lowest BCUT2D eigenvalue weighted by molar-refractivity contribution is -0.123. The van der Waals surface area contributed by atoms with Gasteiger partial charge in [-0.25, -0.2) is 10.1 Å². The van der Waals surface area contributed by atoms with Crippen LogP contribution in [-0.2, 0) is 4.79 Å². The number of halogens is 2. The van der Waals surface area contributed by atoms with E-state index in [1.165, 1.54) is 6.21 Å². The van der Waals surface area contributed by atoms with Gasteiger partial charge in [0.15, 0.2) is 6.61 Å². The molecule has 0 saturated heterocycles. The summed E-state index contributed by atoms with van der Waals surface area (Å²) in [7, 11) is 1.57. The summed E-state index contributed by atoms with van der Waals surface area (Å²) in [6.45, 7) is 1.62. The van der Waals surface area contributed by atoms with Crippen molar-refractivity contribution in [2.24, 2.45) is 5.10 Å². The second-order valence-corrected chi connectivity index (χ2v) is 7.13. The van der Waals surface area contributed by atoms with E-state index in [1.54, 1.807) is 30.0 Å². The van der Waals surface area contributed by atoms with Crippen molar-refractivity contribution < 1.29 is 14.3 Å². The Balaban J connectivity index is 1.60. The summed E-state index contributed by atoms with van der Waals surface area (Å²) in [5, 5.41) is 8.78. The molecule has 0 spiro atoms. The van der Waals surface area contributed by atoms with E-state index in [-0.39, 0.29) is 6.61 Å². The van der Waals surface area contributed by atoms with Crippen molar-refractivity contribution in [1.29, 1.82) is 0 Å². The summed E-state index contributed by atoms with van der Waals surface area (Å²) >= 11 is 9.79. The molecule has 3 rings (SSSR count). The quantitative estimate of drug-likeness (QED) is 0.410. The van der Waals surface area contributed by atoms with E-state index in [2.05, 4.69) is 31.6 Å². The van der Waals surface area contributed by atoms with Crippen molar-refractivity contribution in [3.8, 4) is 17.2 Å². The van der Waals surface area contributed by atoms with Gasteiger partial charge in [0.1, 0.15) is 16.7 Å². The van der Waals surface area contributed by atoms with Crippen LogP contribution in [0.4, 0.5) is 0 Å². The zero-order valence-corrected chi connectivity index (χ0v) is 18.1. The van der Waals surface area contributed by atoms with E-state index >= 15 is 0 Å². The predicted octanol–water partition coefficient (Wildman–Crippen LogP) is 4.13. The summed E-state index contributed by atoms with van der Waals surface area (Å²) in [6, 6.07) is 14.7.